The summed E-state index contributed by atoms with van der Waals surface area (Å²) in [4.78, 5) is 15.0. The van der Waals surface area contributed by atoms with Gasteiger partial charge in [-0.25, -0.2) is 0 Å². The standard InChI is InChI=1S/C19H17NO3S2/c1-12-5-4-6-14(9-12)20-18(21)17(25-19(20)24)10-13-7-8-15(22-2)11-16(13)23-3/h4-11H,1-3H3/b17-10-. The monoisotopic (exact) mass is 371 g/mol. The zero-order chi connectivity index (χ0) is 18.0. The Bertz CT molecular complexity index is 877. The number of carbonyl (C=O) groups excluding carboxylic acids is 1. The van der Waals surface area contributed by atoms with Crippen LogP contribution >= 0.6 is 24.0 Å². The van der Waals surface area contributed by atoms with Crippen molar-refractivity contribution in [3.63, 3.8) is 0 Å². The highest BCUT2D eigenvalue weighted by molar-refractivity contribution is 8.27. The SMILES string of the molecule is COc1ccc(/C=C2\SC(=S)N(c3cccc(C)c3)C2=O)c(OC)c1. The molecule has 1 fully saturated rings. The smallest absolute Gasteiger partial charge is 0.270 e. The lowest BCUT2D eigenvalue weighted by atomic mass is 10.1. The Morgan fingerprint density at radius 2 is 1.92 bits per heavy atom. The number of rotatable bonds is 4. The number of benzene rings is 2. The van der Waals surface area contributed by atoms with Gasteiger partial charge in [-0.2, -0.15) is 0 Å². The highest BCUT2D eigenvalue weighted by atomic mass is 32.2. The Kier molecular flexibility index (Phi) is 5.11. The highest BCUT2D eigenvalue weighted by Gasteiger charge is 2.33. The summed E-state index contributed by atoms with van der Waals surface area (Å²) < 4.78 is 11.1. The molecular formula is C19H17NO3S2. The molecule has 1 heterocycles. The van der Waals surface area contributed by atoms with Gasteiger partial charge in [0.25, 0.3) is 5.91 Å². The summed E-state index contributed by atoms with van der Waals surface area (Å²) in [6.07, 6.45) is 1.80. The molecule has 0 aromatic heterocycles. The first-order valence-electron chi connectivity index (χ1n) is 7.60. The number of hydrogen-bond donors (Lipinski definition) is 0. The van der Waals surface area contributed by atoms with Crippen LogP contribution in [0.1, 0.15) is 11.1 Å². The summed E-state index contributed by atoms with van der Waals surface area (Å²) in [7, 11) is 3.19. The molecule has 3 rings (SSSR count). The molecule has 25 heavy (non-hydrogen) atoms. The Labute approximate surface area is 156 Å². The molecule has 1 aliphatic rings. The first kappa shape index (κ1) is 17.5. The molecule has 0 atom stereocenters. The number of methoxy groups -OCH3 is 2. The predicted molar refractivity (Wildman–Crippen MR) is 106 cm³/mol. The number of ether oxygens (including phenoxy) is 2. The van der Waals surface area contributed by atoms with Crippen LogP contribution in [-0.2, 0) is 4.79 Å². The van der Waals surface area contributed by atoms with E-state index in [1.807, 2.05) is 43.3 Å². The molecule has 0 spiro atoms. The van der Waals surface area contributed by atoms with Gasteiger partial charge in [-0.3, -0.25) is 9.69 Å². The van der Waals surface area contributed by atoms with Gasteiger partial charge in [0.2, 0.25) is 0 Å². The third kappa shape index (κ3) is 3.55. The third-order valence-electron chi connectivity index (χ3n) is 3.78. The number of thioether (sulfide) groups is 1. The van der Waals surface area contributed by atoms with Crippen molar-refractivity contribution in [2.24, 2.45) is 0 Å². The van der Waals surface area contributed by atoms with Crippen LogP contribution < -0.4 is 14.4 Å². The molecule has 0 aliphatic carbocycles. The molecule has 1 amide bonds. The molecule has 0 bridgehead atoms. The maximum Gasteiger partial charge on any atom is 0.270 e. The number of thiocarbonyl (C=S) groups is 1. The maximum absolute atomic E-state index is 12.8. The molecule has 2 aromatic rings. The van der Waals surface area contributed by atoms with Crippen LogP contribution in [0.3, 0.4) is 0 Å². The lowest BCUT2D eigenvalue weighted by Gasteiger charge is -2.14. The second kappa shape index (κ2) is 7.29. The minimum absolute atomic E-state index is 0.126. The lowest BCUT2D eigenvalue weighted by Crippen LogP contribution is -2.27. The van der Waals surface area contributed by atoms with Crippen LogP contribution in [0.5, 0.6) is 11.5 Å². The summed E-state index contributed by atoms with van der Waals surface area (Å²) in [5.41, 5.74) is 2.66. The van der Waals surface area contributed by atoms with Gasteiger partial charge < -0.3 is 9.47 Å². The predicted octanol–water partition coefficient (Wildman–Crippen LogP) is 4.42. The number of nitrogens with zero attached hydrogens (tertiary/aromatic N) is 1. The van der Waals surface area contributed by atoms with Gasteiger partial charge in [0.05, 0.1) is 24.8 Å². The Hall–Kier alpha value is -2.31. The lowest BCUT2D eigenvalue weighted by molar-refractivity contribution is -0.113. The van der Waals surface area contributed by atoms with Crippen LogP contribution in [0, 0.1) is 6.92 Å². The maximum atomic E-state index is 12.8. The zero-order valence-electron chi connectivity index (χ0n) is 14.1. The van der Waals surface area contributed by atoms with Crippen LogP contribution in [-0.4, -0.2) is 24.4 Å². The molecule has 0 N–H and O–H groups in total. The highest BCUT2D eigenvalue weighted by Crippen LogP contribution is 2.37. The molecule has 0 saturated carbocycles. The van der Waals surface area contributed by atoms with E-state index >= 15 is 0 Å². The van der Waals surface area contributed by atoms with Crippen molar-refractivity contribution in [3.8, 4) is 11.5 Å². The Morgan fingerprint density at radius 1 is 1.12 bits per heavy atom. The fourth-order valence-electron chi connectivity index (χ4n) is 2.54. The molecule has 0 radical (unpaired) electrons. The molecule has 0 unspecified atom stereocenters. The van der Waals surface area contributed by atoms with Crippen molar-refractivity contribution in [1.29, 1.82) is 0 Å². The van der Waals surface area contributed by atoms with E-state index in [4.69, 9.17) is 21.7 Å². The topological polar surface area (TPSA) is 38.8 Å². The normalized spacial score (nSPS) is 15.8. The van der Waals surface area contributed by atoms with Gasteiger partial charge >= 0.3 is 0 Å². The molecule has 6 heteroatoms. The second-order valence-corrected chi connectivity index (χ2v) is 7.14. The largest absolute Gasteiger partial charge is 0.497 e. The molecule has 4 nitrogen and oxygen atoms in total. The van der Waals surface area contributed by atoms with Gasteiger partial charge in [0.15, 0.2) is 4.32 Å². The molecule has 1 aliphatic heterocycles. The minimum Gasteiger partial charge on any atom is -0.497 e. The van der Waals surface area contributed by atoms with Gasteiger partial charge in [-0.15, -0.1) is 0 Å². The number of hydrogen-bond acceptors (Lipinski definition) is 5. The van der Waals surface area contributed by atoms with Gasteiger partial charge in [-0.05, 0) is 42.8 Å². The van der Waals surface area contributed by atoms with Crippen LogP contribution in [0.2, 0.25) is 0 Å². The number of amides is 1. The van der Waals surface area contributed by atoms with E-state index in [9.17, 15) is 4.79 Å². The van der Waals surface area contributed by atoms with Crippen LogP contribution in [0.25, 0.3) is 6.08 Å². The average Bonchev–Trinajstić information content (AvgIpc) is 2.88. The molecule has 1 saturated heterocycles. The van der Waals surface area contributed by atoms with E-state index in [2.05, 4.69) is 0 Å². The Balaban J connectivity index is 1.96. The summed E-state index contributed by atoms with van der Waals surface area (Å²) >= 11 is 6.70. The first-order valence-corrected chi connectivity index (χ1v) is 8.82. The van der Waals surface area contributed by atoms with Crippen LogP contribution in [0.15, 0.2) is 47.4 Å². The molecular weight excluding hydrogens is 354 g/mol. The van der Waals surface area contributed by atoms with E-state index in [1.165, 1.54) is 11.8 Å². The molecule has 2 aromatic carbocycles. The summed E-state index contributed by atoms with van der Waals surface area (Å²) in [6.45, 7) is 1.99. The van der Waals surface area contributed by atoms with E-state index in [-0.39, 0.29) is 5.91 Å². The van der Waals surface area contributed by atoms with Crippen molar-refractivity contribution in [3.05, 3.63) is 58.5 Å². The number of carbonyl (C=O) groups is 1. The average molecular weight is 371 g/mol. The summed E-state index contributed by atoms with van der Waals surface area (Å²) in [6, 6.07) is 13.2. The van der Waals surface area contributed by atoms with Gasteiger partial charge in [0, 0.05) is 11.6 Å². The third-order valence-corrected chi connectivity index (χ3v) is 5.08. The zero-order valence-corrected chi connectivity index (χ0v) is 15.7. The Morgan fingerprint density at radius 3 is 2.60 bits per heavy atom. The molecule has 128 valence electrons. The number of aryl methyl sites for hydroxylation is 1. The summed E-state index contributed by atoms with van der Waals surface area (Å²) in [5, 5.41) is 0. The fourth-order valence-corrected chi connectivity index (χ4v) is 3.83. The number of anilines is 1. The van der Waals surface area contributed by atoms with E-state index < -0.39 is 0 Å². The van der Waals surface area contributed by atoms with Crippen molar-refractivity contribution >= 4 is 46.0 Å². The van der Waals surface area contributed by atoms with E-state index in [1.54, 1.807) is 31.3 Å². The van der Waals surface area contributed by atoms with Gasteiger partial charge in [-0.1, -0.05) is 36.1 Å². The van der Waals surface area contributed by atoms with Gasteiger partial charge in [0.1, 0.15) is 11.5 Å². The second-order valence-electron chi connectivity index (χ2n) is 5.46. The van der Waals surface area contributed by atoms with Crippen molar-refractivity contribution in [2.75, 3.05) is 19.1 Å². The minimum atomic E-state index is -0.126. The fraction of sp³-hybridized carbons (Fsp3) is 0.158. The van der Waals surface area contributed by atoms with Crippen molar-refractivity contribution in [1.82, 2.24) is 0 Å². The first-order chi connectivity index (χ1) is 12.0. The van der Waals surface area contributed by atoms with Crippen molar-refractivity contribution in [2.45, 2.75) is 6.92 Å². The van der Waals surface area contributed by atoms with E-state index in [0.717, 1.165) is 16.8 Å². The van der Waals surface area contributed by atoms with Crippen molar-refractivity contribution < 1.29 is 14.3 Å². The quantitative estimate of drug-likeness (QED) is 0.588. The van der Waals surface area contributed by atoms with Crippen LogP contribution in [0.4, 0.5) is 5.69 Å². The summed E-state index contributed by atoms with van der Waals surface area (Å²) in [5.74, 6) is 1.21. The van der Waals surface area contributed by atoms with E-state index in [0.29, 0.717) is 20.7 Å².